The first-order chi connectivity index (χ1) is 15.3. The number of benzene rings is 3. The molecule has 176 valence electrons. The van der Waals surface area contributed by atoms with Gasteiger partial charge in [0.25, 0.3) is 0 Å². The molecule has 0 aromatic heterocycles. The smallest absolute Gasteiger partial charge is 0.335 e. The van der Waals surface area contributed by atoms with Crippen molar-refractivity contribution >= 4 is 30.0 Å². The molecule has 4 nitrogen and oxygen atoms in total. The number of nitrogens with one attached hydrogen (secondary N) is 1. The Morgan fingerprint density at radius 1 is 1.00 bits per heavy atom. The van der Waals surface area contributed by atoms with E-state index >= 15 is 0 Å². The van der Waals surface area contributed by atoms with E-state index in [2.05, 4.69) is 43.4 Å². The molecule has 0 aliphatic rings. The molecule has 0 unspecified atom stereocenters. The third kappa shape index (κ3) is 7.86. The lowest BCUT2D eigenvalue weighted by molar-refractivity contribution is 0.0695. The first-order valence-electron chi connectivity index (χ1n) is 10.9. The van der Waals surface area contributed by atoms with E-state index in [0.29, 0.717) is 23.0 Å². The first-order valence-corrected chi connectivity index (χ1v) is 11.3. The molecular formula is C27H31Cl2NO3. The molecule has 0 amide bonds. The minimum absolute atomic E-state index is 0. The second-order valence-electron chi connectivity index (χ2n) is 8.50. The van der Waals surface area contributed by atoms with Crippen molar-refractivity contribution in [1.29, 1.82) is 0 Å². The standard InChI is InChI=1S/C27H30ClNO3.ClH/c1-18(2)14-23-15-21(10-11-25(23)27(31)32)20-8-6-19(7-9-20)12-13-29-17-26(30)22-4-3-5-24(28)16-22;/h3-11,15-16,18,26,29-30H,12-14,17H2,1-2H3,(H,31,32);1H/t26-;/m0./s1. The molecule has 0 spiro atoms. The fourth-order valence-electron chi connectivity index (χ4n) is 3.76. The largest absolute Gasteiger partial charge is 0.478 e. The lowest BCUT2D eigenvalue weighted by atomic mass is 9.93. The lowest BCUT2D eigenvalue weighted by Crippen LogP contribution is -2.23. The van der Waals surface area contributed by atoms with E-state index in [4.69, 9.17) is 11.6 Å². The van der Waals surface area contributed by atoms with E-state index in [-0.39, 0.29) is 12.4 Å². The highest BCUT2D eigenvalue weighted by Gasteiger charge is 2.13. The Morgan fingerprint density at radius 2 is 1.70 bits per heavy atom. The second kappa shape index (κ2) is 12.8. The number of carboxylic acid groups (broad SMARTS) is 1. The monoisotopic (exact) mass is 487 g/mol. The fourth-order valence-corrected chi connectivity index (χ4v) is 3.96. The van der Waals surface area contributed by atoms with Gasteiger partial charge < -0.3 is 15.5 Å². The molecule has 0 radical (unpaired) electrons. The Hall–Kier alpha value is -2.37. The molecule has 0 aliphatic heterocycles. The Kier molecular flexibility index (Phi) is 10.4. The highest BCUT2D eigenvalue weighted by atomic mass is 35.5. The van der Waals surface area contributed by atoms with Gasteiger partial charge in [-0.1, -0.05) is 74.0 Å². The Morgan fingerprint density at radius 3 is 2.33 bits per heavy atom. The summed E-state index contributed by atoms with van der Waals surface area (Å²) in [6.45, 7) is 5.40. The number of hydrogen-bond donors (Lipinski definition) is 3. The van der Waals surface area contributed by atoms with Gasteiger partial charge in [-0.2, -0.15) is 0 Å². The number of aliphatic hydroxyl groups is 1. The quantitative estimate of drug-likeness (QED) is 0.298. The molecule has 33 heavy (non-hydrogen) atoms. The number of carbonyl (C=O) groups is 1. The van der Waals surface area contributed by atoms with Gasteiger partial charge in [0.1, 0.15) is 0 Å². The van der Waals surface area contributed by atoms with Crippen LogP contribution in [0, 0.1) is 5.92 Å². The summed E-state index contributed by atoms with van der Waals surface area (Å²) in [6, 6.07) is 21.2. The summed E-state index contributed by atoms with van der Waals surface area (Å²) in [7, 11) is 0. The molecule has 0 aliphatic carbocycles. The van der Waals surface area contributed by atoms with Crippen LogP contribution < -0.4 is 5.32 Å². The predicted molar refractivity (Wildman–Crippen MR) is 138 cm³/mol. The van der Waals surface area contributed by atoms with E-state index < -0.39 is 12.1 Å². The molecule has 3 aromatic carbocycles. The topological polar surface area (TPSA) is 69.6 Å². The molecule has 0 bridgehead atoms. The summed E-state index contributed by atoms with van der Waals surface area (Å²) >= 11 is 5.98. The molecule has 0 saturated heterocycles. The molecule has 3 rings (SSSR count). The van der Waals surface area contributed by atoms with Crippen LogP contribution in [0.5, 0.6) is 0 Å². The van der Waals surface area contributed by atoms with Crippen LogP contribution in [-0.2, 0) is 12.8 Å². The second-order valence-corrected chi connectivity index (χ2v) is 8.93. The zero-order valence-electron chi connectivity index (χ0n) is 18.9. The van der Waals surface area contributed by atoms with Crippen molar-refractivity contribution in [3.63, 3.8) is 0 Å². The number of aromatic carboxylic acids is 1. The van der Waals surface area contributed by atoms with Crippen molar-refractivity contribution in [1.82, 2.24) is 5.32 Å². The summed E-state index contributed by atoms with van der Waals surface area (Å²) in [6.07, 6.45) is 0.990. The van der Waals surface area contributed by atoms with Crippen LogP contribution in [0.4, 0.5) is 0 Å². The SMILES string of the molecule is CC(C)Cc1cc(-c2ccc(CCNC[C@H](O)c3cccc(Cl)c3)cc2)ccc1C(=O)O.Cl. The van der Waals surface area contributed by atoms with Crippen molar-refractivity contribution < 1.29 is 15.0 Å². The summed E-state index contributed by atoms with van der Waals surface area (Å²) in [5.41, 5.74) is 5.35. The van der Waals surface area contributed by atoms with Gasteiger partial charge in [0.2, 0.25) is 0 Å². The van der Waals surface area contributed by atoms with Gasteiger partial charge in [0.15, 0.2) is 0 Å². The highest BCUT2D eigenvalue weighted by molar-refractivity contribution is 6.30. The molecule has 6 heteroatoms. The minimum Gasteiger partial charge on any atom is -0.478 e. The fraction of sp³-hybridized carbons (Fsp3) is 0.296. The van der Waals surface area contributed by atoms with E-state index in [1.807, 2.05) is 24.3 Å². The van der Waals surface area contributed by atoms with Gasteiger partial charge in [-0.05, 0) is 71.3 Å². The molecular weight excluding hydrogens is 457 g/mol. The first kappa shape index (κ1) is 26.9. The molecule has 3 aromatic rings. The van der Waals surface area contributed by atoms with Gasteiger partial charge in [-0.3, -0.25) is 0 Å². The average Bonchev–Trinajstić information content (AvgIpc) is 2.76. The van der Waals surface area contributed by atoms with Gasteiger partial charge in [0, 0.05) is 11.6 Å². The summed E-state index contributed by atoms with van der Waals surface area (Å²) in [5.74, 6) is -0.494. The van der Waals surface area contributed by atoms with Crippen molar-refractivity contribution in [2.75, 3.05) is 13.1 Å². The van der Waals surface area contributed by atoms with Crippen LogP contribution >= 0.6 is 24.0 Å². The Balaban J connectivity index is 0.00000385. The van der Waals surface area contributed by atoms with Gasteiger partial charge in [0.05, 0.1) is 11.7 Å². The van der Waals surface area contributed by atoms with E-state index in [0.717, 1.165) is 41.6 Å². The zero-order chi connectivity index (χ0) is 23.1. The van der Waals surface area contributed by atoms with E-state index in [1.165, 1.54) is 5.56 Å². The zero-order valence-corrected chi connectivity index (χ0v) is 20.5. The van der Waals surface area contributed by atoms with Gasteiger partial charge in [-0.15, -0.1) is 12.4 Å². The number of carboxylic acids is 1. The number of hydrogen-bond acceptors (Lipinski definition) is 3. The van der Waals surface area contributed by atoms with Gasteiger partial charge in [-0.25, -0.2) is 4.79 Å². The van der Waals surface area contributed by atoms with Crippen molar-refractivity contribution in [2.24, 2.45) is 5.92 Å². The Bertz CT molecular complexity index is 1050. The maximum Gasteiger partial charge on any atom is 0.335 e. The maximum absolute atomic E-state index is 11.5. The summed E-state index contributed by atoms with van der Waals surface area (Å²) in [5, 5.41) is 23.7. The van der Waals surface area contributed by atoms with E-state index in [1.54, 1.807) is 18.2 Å². The van der Waals surface area contributed by atoms with Crippen LogP contribution in [0.15, 0.2) is 66.7 Å². The third-order valence-electron chi connectivity index (χ3n) is 5.41. The molecule has 0 fully saturated rings. The lowest BCUT2D eigenvalue weighted by Gasteiger charge is -2.13. The molecule has 0 saturated carbocycles. The maximum atomic E-state index is 11.5. The van der Waals surface area contributed by atoms with Crippen LogP contribution in [-0.4, -0.2) is 29.3 Å². The van der Waals surface area contributed by atoms with Crippen molar-refractivity contribution in [2.45, 2.75) is 32.8 Å². The number of rotatable bonds is 10. The van der Waals surface area contributed by atoms with Crippen LogP contribution in [0.1, 0.15) is 47.0 Å². The third-order valence-corrected chi connectivity index (χ3v) is 5.65. The van der Waals surface area contributed by atoms with Gasteiger partial charge >= 0.3 is 5.97 Å². The van der Waals surface area contributed by atoms with Crippen LogP contribution in [0.3, 0.4) is 0 Å². The van der Waals surface area contributed by atoms with Crippen LogP contribution in [0.25, 0.3) is 11.1 Å². The number of aliphatic hydroxyl groups excluding tert-OH is 1. The highest BCUT2D eigenvalue weighted by Crippen LogP contribution is 2.25. The average molecular weight is 488 g/mol. The molecule has 1 atom stereocenters. The summed E-state index contributed by atoms with van der Waals surface area (Å²) < 4.78 is 0. The summed E-state index contributed by atoms with van der Waals surface area (Å²) in [4.78, 5) is 11.5. The normalized spacial score (nSPS) is 11.8. The van der Waals surface area contributed by atoms with Crippen molar-refractivity contribution in [3.8, 4) is 11.1 Å². The van der Waals surface area contributed by atoms with E-state index in [9.17, 15) is 15.0 Å². The number of halogens is 2. The predicted octanol–water partition coefficient (Wildman–Crippen LogP) is 6.19. The molecule has 0 heterocycles. The van der Waals surface area contributed by atoms with Crippen LogP contribution in [0.2, 0.25) is 5.02 Å². The molecule has 3 N–H and O–H groups in total. The van der Waals surface area contributed by atoms with Crippen molar-refractivity contribution in [3.05, 3.63) is 94.0 Å². The Labute approximate surface area is 207 Å². The minimum atomic E-state index is -0.879.